The second kappa shape index (κ2) is 11.8. The first-order valence-corrected chi connectivity index (χ1v) is 12.0. The fourth-order valence-corrected chi connectivity index (χ4v) is 4.11. The number of nitrogens with zero attached hydrogens (tertiary/aromatic N) is 2. The number of hydrogen-bond acceptors (Lipinski definition) is 5. The molecule has 2 N–H and O–H groups in total. The highest BCUT2D eigenvalue weighted by molar-refractivity contribution is 6.30. The van der Waals surface area contributed by atoms with E-state index in [1.54, 1.807) is 0 Å². The van der Waals surface area contributed by atoms with Crippen molar-refractivity contribution in [1.29, 1.82) is 0 Å². The summed E-state index contributed by atoms with van der Waals surface area (Å²) >= 11 is 5.98. The summed E-state index contributed by atoms with van der Waals surface area (Å²) in [6.07, 6.45) is -0.673. The molecule has 180 valence electrons. The summed E-state index contributed by atoms with van der Waals surface area (Å²) in [4.78, 5) is 17.1. The summed E-state index contributed by atoms with van der Waals surface area (Å²) in [7, 11) is 0. The second-order valence-electron chi connectivity index (χ2n) is 9.71. The van der Waals surface area contributed by atoms with Gasteiger partial charge < -0.3 is 15.2 Å². The largest absolute Gasteiger partial charge is 0.444 e. The Morgan fingerprint density at radius 3 is 2.21 bits per heavy atom. The van der Waals surface area contributed by atoms with Crippen molar-refractivity contribution in [3.63, 3.8) is 0 Å². The van der Waals surface area contributed by atoms with E-state index in [0.29, 0.717) is 13.0 Å². The highest BCUT2D eigenvalue weighted by Gasteiger charge is 2.28. The minimum absolute atomic E-state index is 0.436. The van der Waals surface area contributed by atoms with Gasteiger partial charge in [0.15, 0.2) is 0 Å². The lowest BCUT2D eigenvalue weighted by molar-refractivity contribution is 0.0299. The quantitative estimate of drug-likeness (QED) is 0.607. The zero-order chi connectivity index (χ0) is 23.8. The standard InChI is InChI=1S/C26H36ClN3O3/c1-26(2,3)33-25(32)28-23(17-20-7-5-4-6-8-20)24(31)19-30-15-13-29(14-16-30)18-21-9-11-22(27)12-10-21/h4-12,23-24,31H,13-19H2,1-3H3,(H,28,32)/t23-,24+/m0/s1. The number of aliphatic hydroxyl groups excluding tert-OH is 1. The third kappa shape index (κ3) is 8.97. The summed E-state index contributed by atoms with van der Waals surface area (Å²) in [5.41, 5.74) is 1.72. The van der Waals surface area contributed by atoms with Gasteiger partial charge in [-0.05, 0) is 50.5 Å². The zero-order valence-electron chi connectivity index (χ0n) is 19.8. The number of alkyl carbamates (subject to hydrolysis) is 1. The highest BCUT2D eigenvalue weighted by Crippen LogP contribution is 2.15. The van der Waals surface area contributed by atoms with Gasteiger partial charge in [-0.1, -0.05) is 54.1 Å². The van der Waals surface area contributed by atoms with E-state index >= 15 is 0 Å². The van der Waals surface area contributed by atoms with Crippen molar-refractivity contribution in [3.8, 4) is 0 Å². The van der Waals surface area contributed by atoms with E-state index in [9.17, 15) is 9.90 Å². The molecule has 1 amide bonds. The fraction of sp³-hybridized carbons (Fsp3) is 0.500. The molecule has 0 radical (unpaired) electrons. The van der Waals surface area contributed by atoms with Gasteiger partial charge in [-0.2, -0.15) is 0 Å². The molecule has 0 spiro atoms. The number of carbonyl (C=O) groups is 1. The Balaban J connectivity index is 1.54. The van der Waals surface area contributed by atoms with Crippen LogP contribution in [-0.4, -0.2) is 71.5 Å². The molecule has 0 aliphatic carbocycles. The molecule has 2 aromatic carbocycles. The van der Waals surface area contributed by atoms with E-state index in [0.717, 1.165) is 43.3 Å². The molecule has 1 aliphatic rings. The number of rotatable bonds is 8. The van der Waals surface area contributed by atoms with Gasteiger partial charge in [0.25, 0.3) is 0 Å². The molecule has 1 saturated heterocycles. The molecule has 6 nitrogen and oxygen atoms in total. The molecule has 33 heavy (non-hydrogen) atoms. The summed E-state index contributed by atoms with van der Waals surface area (Å²) in [6, 6.07) is 17.4. The first-order valence-electron chi connectivity index (χ1n) is 11.6. The second-order valence-corrected chi connectivity index (χ2v) is 10.1. The lowest BCUT2D eigenvalue weighted by atomic mass is 10.0. The van der Waals surface area contributed by atoms with E-state index in [4.69, 9.17) is 16.3 Å². The van der Waals surface area contributed by atoms with Crippen molar-refractivity contribution in [2.75, 3.05) is 32.7 Å². The Morgan fingerprint density at radius 2 is 1.61 bits per heavy atom. The third-order valence-corrected chi connectivity index (χ3v) is 5.95. The SMILES string of the molecule is CC(C)(C)OC(=O)N[C@@H](Cc1ccccc1)[C@H](O)CN1CCN(Cc2ccc(Cl)cc2)CC1. The number of piperazine rings is 1. The van der Waals surface area contributed by atoms with Crippen molar-refractivity contribution < 1.29 is 14.6 Å². The van der Waals surface area contributed by atoms with Crippen LogP contribution in [0.3, 0.4) is 0 Å². The molecule has 2 atom stereocenters. The van der Waals surface area contributed by atoms with Gasteiger partial charge in [0, 0.05) is 44.3 Å². The number of hydrogen-bond donors (Lipinski definition) is 2. The number of β-amino-alcohol motifs (C(OH)–C–C–N with tert-alkyl or cyclic N) is 1. The molecule has 0 unspecified atom stereocenters. The summed E-state index contributed by atoms with van der Waals surface area (Å²) in [5.74, 6) is 0. The van der Waals surface area contributed by atoms with Gasteiger partial charge in [-0.15, -0.1) is 0 Å². The van der Waals surface area contributed by atoms with E-state index < -0.39 is 23.8 Å². The number of carbonyl (C=O) groups excluding carboxylic acids is 1. The van der Waals surface area contributed by atoms with Crippen LogP contribution < -0.4 is 5.32 Å². The Kier molecular flexibility index (Phi) is 9.15. The number of amides is 1. The summed E-state index contributed by atoms with van der Waals surface area (Å²) in [5, 5.41) is 14.7. The molecule has 0 saturated carbocycles. The average molecular weight is 474 g/mol. The predicted octanol–water partition coefficient (Wildman–Crippen LogP) is 3.95. The molecule has 7 heteroatoms. The van der Waals surface area contributed by atoms with E-state index in [1.807, 2.05) is 63.2 Å². The van der Waals surface area contributed by atoms with E-state index in [1.165, 1.54) is 5.56 Å². The van der Waals surface area contributed by atoms with Crippen LogP contribution in [0.1, 0.15) is 31.9 Å². The van der Waals surface area contributed by atoms with Crippen molar-refractivity contribution in [2.45, 2.75) is 51.5 Å². The van der Waals surface area contributed by atoms with Crippen LogP contribution in [0.2, 0.25) is 5.02 Å². The van der Waals surface area contributed by atoms with Crippen LogP contribution in [-0.2, 0) is 17.7 Å². The normalized spacial score (nSPS) is 17.4. The molecule has 1 heterocycles. The molecule has 1 fully saturated rings. The smallest absolute Gasteiger partial charge is 0.407 e. The maximum absolute atomic E-state index is 12.4. The van der Waals surface area contributed by atoms with Crippen molar-refractivity contribution in [2.24, 2.45) is 0 Å². The van der Waals surface area contributed by atoms with Gasteiger partial charge in [-0.25, -0.2) is 4.79 Å². The zero-order valence-corrected chi connectivity index (χ0v) is 20.6. The minimum Gasteiger partial charge on any atom is -0.444 e. The van der Waals surface area contributed by atoms with Crippen molar-refractivity contribution in [3.05, 3.63) is 70.7 Å². The maximum Gasteiger partial charge on any atom is 0.407 e. The number of ether oxygens (including phenoxy) is 1. The average Bonchev–Trinajstić information content (AvgIpc) is 2.75. The summed E-state index contributed by atoms with van der Waals surface area (Å²) in [6.45, 7) is 10.5. The molecule has 1 aliphatic heterocycles. The lowest BCUT2D eigenvalue weighted by Gasteiger charge is -2.37. The molecule has 0 aromatic heterocycles. The Bertz CT molecular complexity index is 863. The van der Waals surface area contributed by atoms with E-state index in [2.05, 4.69) is 27.2 Å². The lowest BCUT2D eigenvalue weighted by Crippen LogP contribution is -2.53. The topological polar surface area (TPSA) is 65.0 Å². The van der Waals surface area contributed by atoms with Crippen LogP contribution in [0.25, 0.3) is 0 Å². The summed E-state index contributed by atoms with van der Waals surface area (Å²) < 4.78 is 5.43. The van der Waals surface area contributed by atoms with Crippen LogP contribution in [0.4, 0.5) is 4.79 Å². The van der Waals surface area contributed by atoms with E-state index in [-0.39, 0.29) is 0 Å². The number of aliphatic hydroxyl groups is 1. The molecule has 3 rings (SSSR count). The number of halogens is 1. The van der Waals surface area contributed by atoms with Gasteiger partial charge in [0.2, 0.25) is 0 Å². The minimum atomic E-state index is -0.708. The molecule has 0 bridgehead atoms. The van der Waals surface area contributed by atoms with Crippen molar-refractivity contribution >= 4 is 17.7 Å². The van der Waals surface area contributed by atoms with Crippen LogP contribution in [0.5, 0.6) is 0 Å². The van der Waals surface area contributed by atoms with Crippen LogP contribution in [0, 0.1) is 0 Å². The predicted molar refractivity (Wildman–Crippen MR) is 132 cm³/mol. The number of nitrogens with one attached hydrogen (secondary N) is 1. The van der Waals surface area contributed by atoms with Gasteiger partial charge in [0.05, 0.1) is 12.1 Å². The molecule has 2 aromatic rings. The Labute approximate surface area is 202 Å². The van der Waals surface area contributed by atoms with Crippen LogP contribution >= 0.6 is 11.6 Å². The van der Waals surface area contributed by atoms with Gasteiger partial charge in [-0.3, -0.25) is 9.80 Å². The van der Waals surface area contributed by atoms with Crippen LogP contribution in [0.15, 0.2) is 54.6 Å². The Hall–Kier alpha value is -2.12. The first-order chi connectivity index (χ1) is 15.7. The molecular weight excluding hydrogens is 438 g/mol. The first kappa shape index (κ1) is 25.5. The monoisotopic (exact) mass is 473 g/mol. The fourth-order valence-electron chi connectivity index (χ4n) is 3.98. The highest BCUT2D eigenvalue weighted by atomic mass is 35.5. The third-order valence-electron chi connectivity index (χ3n) is 5.69. The Morgan fingerprint density at radius 1 is 1.00 bits per heavy atom. The van der Waals surface area contributed by atoms with Crippen molar-refractivity contribution in [1.82, 2.24) is 15.1 Å². The van der Waals surface area contributed by atoms with Gasteiger partial charge >= 0.3 is 6.09 Å². The van der Waals surface area contributed by atoms with Gasteiger partial charge in [0.1, 0.15) is 5.60 Å². The number of benzene rings is 2. The molecular formula is C26H36ClN3O3. The maximum atomic E-state index is 12.4.